The molecule has 0 aliphatic carbocycles. The van der Waals surface area contributed by atoms with Crippen LogP contribution in [0.15, 0.2) is 0 Å². The van der Waals surface area contributed by atoms with E-state index < -0.39 is 0 Å². The number of hydrogen-bond donors (Lipinski definition) is 0. The maximum atomic E-state index is 0. The molecule has 0 fully saturated rings. The van der Waals surface area contributed by atoms with E-state index in [1.165, 1.54) is 0 Å². The van der Waals surface area contributed by atoms with Crippen molar-refractivity contribution in [2.45, 2.75) is 0 Å². The zero-order valence-corrected chi connectivity index (χ0v) is 377. The summed E-state index contributed by atoms with van der Waals surface area (Å²) in [6.45, 7) is 0. The quantitative estimate of drug-likeness (QED) is 0.205. The van der Waals surface area contributed by atoms with E-state index in [1.807, 2.05) is 0 Å². The minimum Gasteiger partial charge on any atom is -2.00 e. The van der Waals surface area contributed by atoms with E-state index in [2.05, 4.69) is 0 Å². The van der Waals surface area contributed by atoms with Gasteiger partial charge >= 0.3 is 2320 Å². The van der Waals surface area contributed by atoms with Crippen LogP contribution in [0.3, 0.4) is 0 Å². The van der Waals surface area contributed by atoms with Crippen molar-refractivity contribution in [3.05, 3.63) is 0 Å². The van der Waals surface area contributed by atoms with Crippen LogP contribution in [-0.2, 0) is 49.3 Å². The van der Waals surface area contributed by atoms with Crippen LogP contribution in [0.5, 0.6) is 0 Å². The van der Waals surface area contributed by atoms with Gasteiger partial charge in [-0.2, -0.15) is 0 Å². The van der Waals surface area contributed by atoms with Crippen LogP contribution in [0.1, 0.15) is 0 Å². The van der Waals surface area contributed by atoms with Gasteiger partial charge in [-0.15, -0.1) is 0 Å². The fourth-order valence-corrected chi connectivity index (χ4v) is 0. The first-order chi connectivity index (χ1) is 0. The largest absolute Gasteiger partial charge is 2.00 e. The smallest absolute Gasteiger partial charge is 2.00 e. The molecule has 242 valence electrons. The van der Waals surface area contributed by atoms with Crippen molar-refractivity contribution in [3.8, 4) is 0 Å². The summed E-state index contributed by atoms with van der Waals surface area (Å²) in [7, 11) is 0. The van der Waals surface area contributed by atoms with Crippen molar-refractivity contribution in [2.24, 2.45) is 0 Å². The Morgan fingerprint density at radius 2 is 0.0213 bits per heavy atom. The molecule has 0 aliphatic heterocycles. The van der Waals surface area contributed by atoms with Crippen molar-refractivity contribution in [1.29, 1.82) is 0 Å². The molecule has 0 aromatic rings. The van der Waals surface area contributed by atoms with Gasteiger partial charge in [-0.05, 0) is 0 Å². The predicted molar refractivity (Wildman–Crippen MR) is 495 cm³/mol. The van der Waals surface area contributed by atoms with Gasteiger partial charge in [0, 0.05) is 0 Å². The Morgan fingerprint density at radius 1 is 0.0213 bits per heavy atom. The molecule has 0 unspecified atom stereocenters. The van der Waals surface area contributed by atoms with Crippen molar-refractivity contribution < 1.29 is 49.3 Å². The van der Waals surface area contributed by atoms with Crippen molar-refractivity contribution in [2.75, 3.05) is 0 Å². The third-order valence-electron chi connectivity index (χ3n) is 0. The summed E-state index contributed by atoms with van der Waals surface area (Å²) in [5.41, 5.74) is 0. The number of rotatable bonds is 0. The fourth-order valence-electron chi connectivity index (χ4n) is 0. The van der Waals surface area contributed by atoms with E-state index in [0.29, 0.717) is 0 Å². The maximum Gasteiger partial charge on any atom is 2.00 e. The first-order valence-electron chi connectivity index (χ1n) is 0. The summed E-state index contributed by atoms with van der Waals surface area (Å²) in [5, 5.41) is 0. The van der Waals surface area contributed by atoms with Crippen LogP contribution in [0.25, 0.3) is 0 Å². The molecule has 0 aromatic heterocycles. The average molecular weight is 17800 g/mol. The van der Waals surface area contributed by atoms with Gasteiger partial charge in [0.05, 0.1) is 0 Å². The Labute approximate surface area is 2280 Å². The summed E-state index contributed by atoms with van der Waals surface area (Å²) < 4.78 is 0. The number of hydrogen-bond acceptors (Lipinski definition) is 0. The first kappa shape index (κ1) is 827. The van der Waals surface area contributed by atoms with E-state index in [4.69, 9.17) is 0 Å². The first-order valence-corrected chi connectivity index (χ1v) is 0. The van der Waals surface area contributed by atoms with Crippen molar-refractivity contribution >= 4 is 2320 Å². The minimum absolute atomic E-state index is 0. The zero-order chi connectivity index (χ0) is 0. The van der Waals surface area contributed by atoms with Gasteiger partial charge in [-0.1, -0.05) is 0 Å². The minimum atomic E-state index is 0. The maximum absolute atomic E-state index is 0. The molecule has 0 bridgehead atoms. The molecule has 0 aromatic carbocycles. The third kappa shape index (κ3) is 798. The zero-order valence-electron chi connectivity index (χ0n) is 46.2. The van der Waals surface area contributed by atoms with E-state index in [0.717, 1.165) is 0 Å². The molecule has 0 saturated carbocycles. The van der Waals surface area contributed by atoms with Gasteiger partial charge in [0.15, 0.2) is 0 Å². The SMILES string of the molecule is [O-2].[O-2].[O-2].[O-2].[O-2].[O-2].[O-2].[O-2].[O-2].[Pb+2].[Pb+2].[Pb+2].[Pb+2].[Pb+2].[Pb+2].[Pb+2].[Pb+2].[Pb+2].[Pb+2].[Pb+2].[Pb+2].[Pb+2].[Pb+2].[Pb+2].[Pb+2].[Pb+2].[Pb+2].[Pb+2].[Pb+2].[Pb+2].[Pb+2].[Pb+2].[Pb+2].[Pb+2].[Pb+2].[Pb+2].[Pb+2].[Pb+2].[Pb+2].[Pb+2].[Pb+2].[Pb+2].[Pb+2].[Pb+2].[Pb+2].[Pb+2].[Pb+2].[Pb+2].[Pb+2].[Pb+2].[Pb+2].[Pb+2].[Pb+2].[Pb+2].[Pb+2].[Pb+2].[Pb+2].[Pb+2].[Pb+2].[Pb+2].[Pb+2].[Pb+2].[Pb+2].[Pb+2].[Pb+2].[Pb+2].[Pb+2].[Pb+2].[Pb+2].[Pb+2].[Pb+2].[Pb+2].[Pb+2].[Pb+2].[Pb+2].[Pb+2].[Pb+2].[Pb+2].[Pb+2].[Pb+2].[Pb+2].[Pb+2].[Pb+2].[Pb+2].[Pb+2].[Pb+2].[Pb+2].[Pb+2].[Pb+2].[Pb+2].[Pb+2].[Pb+2].[Pb+2].[Pb+2]. The van der Waals surface area contributed by atoms with Gasteiger partial charge in [0.25, 0.3) is 0 Å². The van der Waals surface area contributed by atoms with E-state index >= 15 is 0 Å². The summed E-state index contributed by atoms with van der Waals surface area (Å²) >= 11 is 0. The van der Waals surface area contributed by atoms with Crippen molar-refractivity contribution in [3.63, 3.8) is 0 Å². The Bertz CT molecular complexity index is 42.8. The van der Waals surface area contributed by atoms with E-state index in [9.17, 15) is 0 Å². The molecule has 0 atom stereocenters. The third-order valence-corrected chi connectivity index (χ3v) is 0. The average Bonchev–Trinajstić information content (AvgIpc) is 0. The Kier molecular flexibility index (Phi) is 7140. The van der Waals surface area contributed by atoms with E-state index in [-0.39, 0.29) is 2370 Å². The molecule has 0 amide bonds. The Hall–Kier alpha value is 78.0. The molecule has 0 N–H and O–H groups in total. The van der Waals surface area contributed by atoms with Gasteiger partial charge in [0.1, 0.15) is 0 Å². The molecule has 0 heterocycles. The van der Waals surface area contributed by atoms with Crippen molar-refractivity contribution in [1.82, 2.24) is 0 Å². The van der Waals surface area contributed by atoms with Crippen LogP contribution in [0.4, 0.5) is 0 Å². The van der Waals surface area contributed by atoms with Crippen LogP contribution in [0, 0.1) is 0 Å². The standard InChI is InChI=1S/9O.85Pb/q9*-2;85*+2. The molecular weight excluding hydrogens is 17800 g/mol. The molecule has 94 heteroatoms. The Morgan fingerprint density at radius 3 is 0.0213 bits per heavy atom. The van der Waals surface area contributed by atoms with Crippen LogP contribution in [-0.4, -0.2) is 2320 Å². The molecule has 0 saturated heterocycles. The summed E-state index contributed by atoms with van der Waals surface area (Å²) in [4.78, 5) is 0. The molecule has 0 aliphatic rings. The Balaban J connectivity index is 0. The molecule has 170 radical (unpaired) electrons. The van der Waals surface area contributed by atoms with Crippen LogP contribution >= 0.6 is 0 Å². The summed E-state index contributed by atoms with van der Waals surface area (Å²) in [6, 6.07) is 0. The monoisotopic (exact) mass is 17800 g/mol. The normalized spacial score (nSPS) is 0. The van der Waals surface area contributed by atoms with Crippen LogP contribution in [0.2, 0.25) is 0 Å². The molecule has 0 rings (SSSR count). The second-order valence-electron chi connectivity index (χ2n) is 0. The molecule has 94 heavy (non-hydrogen) atoms. The second kappa shape index (κ2) is 812. The molecule has 0 spiro atoms. The fraction of sp³-hybridized carbons (Fsp3) is 0. The van der Waals surface area contributed by atoms with E-state index in [1.54, 1.807) is 0 Å². The van der Waals surface area contributed by atoms with Crippen LogP contribution < -0.4 is 0 Å². The molecule has 9 nitrogen and oxygen atoms in total. The summed E-state index contributed by atoms with van der Waals surface area (Å²) in [5.74, 6) is 0. The second-order valence-corrected chi connectivity index (χ2v) is 0. The van der Waals surface area contributed by atoms with Gasteiger partial charge in [0.2, 0.25) is 0 Å². The van der Waals surface area contributed by atoms with Gasteiger partial charge in [-0.3, -0.25) is 0 Å². The van der Waals surface area contributed by atoms with Gasteiger partial charge < -0.3 is 49.3 Å². The summed E-state index contributed by atoms with van der Waals surface area (Å²) in [6.07, 6.45) is 0. The molecular formula is O9Pb85+152. The predicted octanol–water partition coefficient (Wildman–Crippen LogP) is -33.4. The van der Waals surface area contributed by atoms with Gasteiger partial charge in [-0.25, -0.2) is 0 Å². The topological polar surface area (TPSA) is 256 Å².